The van der Waals surface area contributed by atoms with Gasteiger partial charge in [0.15, 0.2) is 0 Å². The Labute approximate surface area is 85.1 Å². The third-order valence-electron chi connectivity index (χ3n) is 2.53. The van der Waals surface area contributed by atoms with E-state index in [9.17, 15) is 0 Å². The van der Waals surface area contributed by atoms with Gasteiger partial charge in [-0.3, -0.25) is 0 Å². The minimum atomic E-state index is 1.04. The zero-order valence-corrected chi connectivity index (χ0v) is 8.42. The van der Waals surface area contributed by atoms with E-state index in [1.807, 2.05) is 0 Å². The predicted octanol–water partition coefficient (Wildman–Crippen LogP) is 3.71. The summed E-state index contributed by atoms with van der Waals surface area (Å²) in [5.41, 5.74) is 2.59. The van der Waals surface area contributed by atoms with Crippen LogP contribution in [0.1, 0.15) is 25.0 Å². The van der Waals surface area contributed by atoms with Gasteiger partial charge < -0.3 is 4.98 Å². The van der Waals surface area contributed by atoms with Crippen molar-refractivity contribution in [3.8, 4) is 0 Å². The van der Waals surface area contributed by atoms with Crippen molar-refractivity contribution in [3.63, 3.8) is 0 Å². The number of hydrogen-bond donors (Lipinski definition) is 1. The Morgan fingerprint density at radius 2 is 2.00 bits per heavy atom. The normalized spacial score (nSPS) is 10.9. The number of aromatic amines is 1. The molecule has 0 saturated carbocycles. The van der Waals surface area contributed by atoms with Crippen molar-refractivity contribution < 1.29 is 0 Å². The number of aryl methyl sites for hydroxylation is 1. The molecule has 0 bridgehead atoms. The van der Waals surface area contributed by atoms with Gasteiger partial charge in [-0.05, 0) is 30.4 Å². The van der Waals surface area contributed by atoms with Gasteiger partial charge in [-0.2, -0.15) is 0 Å². The fourth-order valence-corrected chi connectivity index (χ4v) is 1.76. The van der Waals surface area contributed by atoms with E-state index in [4.69, 9.17) is 0 Å². The molecule has 0 aliphatic carbocycles. The van der Waals surface area contributed by atoms with Crippen LogP contribution in [0, 0.1) is 6.92 Å². The second-order valence-electron chi connectivity index (χ2n) is 3.69. The summed E-state index contributed by atoms with van der Waals surface area (Å²) >= 11 is 0. The molecule has 1 N–H and O–H groups in total. The van der Waals surface area contributed by atoms with Crippen LogP contribution in [0.15, 0.2) is 30.3 Å². The number of rotatable bonds is 4. The molecule has 0 atom stereocenters. The van der Waals surface area contributed by atoms with Gasteiger partial charge in [0.1, 0.15) is 0 Å². The van der Waals surface area contributed by atoms with Crippen LogP contribution in [0.25, 0.3) is 10.9 Å². The summed E-state index contributed by atoms with van der Waals surface area (Å²) in [5, 5.41) is 1.32. The number of hydrogen-bond acceptors (Lipinski definition) is 0. The summed E-state index contributed by atoms with van der Waals surface area (Å²) < 4.78 is 0. The maximum absolute atomic E-state index is 3.85. The van der Waals surface area contributed by atoms with E-state index in [1.54, 1.807) is 0 Å². The Balaban J connectivity index is 2.11. The van der Waals surface area contributed by atoms with E-state index < -0.39 is 0 Å². The van der Waals surface area contributed by atoms with E-state index in [-0.39, 0.29) is 0 Å². The molecular formula is C13H16N. The van der Waals surface area contributed by atoms with Crippen LogP contribution in [0.3, 0.4) is 0 Å². The lowest BCUT2D eigenvalue weighted by Crippen LogP contribution is -1.84. The standard InChI is InChI=1S/C13H16N/c1-2-3-4-8-12-10-11-7-5-6-9-13(11)14-12/h5-7,9-10,14H,1-4,8H2. The van der Waals surface area contributed by atoms with Crippen LogP contribution < -0.4 is 0 Å². The lowest BCUT2D eigenvalue weighted by atomic mass is 10.1. The van der Waals surface area contributed by atoms with Crippen LogP contribution >= 0.6 is 0 Å². The first-order valence-corrected chi connectivity index (χ1v) is 5.26. The minimum Gasteiger partial charge on any atom is -0.358 e. The SMILES string of the molecule is [CH2]CCCCc1cc2ccccc2[nH]1. The molecule has 1 radical (unpaired) electrons. The molecule has 1 aromatic carbocycles. The molecule has 0 aliphatic rings. The fraction of sp³-hybridized carbons (Fsp3) is 0.308. The van der Waals surface area contributed by atoms with Crippen molar-refractivity contribution in [2.45, 2.75) is 25.7 Å². The van der Waals surface area contributed by atoms with Crippen LogP contribution in [0.2, 0.25) is 0 Å². The first-order chi connectivity index (χ1) is 6.90. The summed E-state index contributed by atoms with van der Waals surface area (Å²) in [6, 6.07) is 10.7. The molecule has 0 fully saturated rings. The molecule has 1 nitrogen and oxygen atoms in total. The third kappa shape index (κ3) is 1.98. The summed E-state index contributed by atoms with van der Waals surface area (Å²) in [7, 11) is 0. The second-order valence-corrected chi connectivity index (χ2v) is 3.69. The average Bonchev–Trinajstić information content (AvgIpc) is 2.60. The van der Waals surface area contributed by atoms with Gasteiger partial charge in [0.05, 0.1) is 0 Å². The monoisotopic (exact) mass is 186 g/mol. The summed E-state index contributed by atoms with van der Waals surface area (Å²) in [6.45, 7) is 3.85. The zero-order valence-electron chi connectivity index (χ0n) is 8.42. The summed E-state index contributed by atoms with van der Waals surface area (Å²) in [4.78, 5) is 3.43. The smallest absolute Gasteiger partial charge is 0.0456 e. The van der Waals surface area contributed by atoms with Crippen LogP contribution in [0.5, 0.6) is 0 Å². The Hall–Kier alpha value is -1.24. The van der Waals surface area contributed by atoms with Crippen LogP contribution in [-0.2, 0) is 6.42 Å². The van der Waals surface area contributed by atoms with Crippen molar-refractivity contribution in [1.82, 2.24) is 4.98 Å². The molecule has 0 aliphatic heterocycles. The molecule has 0 saturated heterocycles. The highest BCUT2D eigenvalue weighted by Crippen LogP contribution is 2.16. The Bertz CT molecular complexity index is 367. The number of benzene rings is 1. The molecule has 14 heavy (non-hydrogen) atoms. The van der Waals surface area contributed by atoms with Crippen LogP contribution in [-0.4, -0.2) is 4.98 Å². The number of aromatic nitrogens is 1. The van der Waals surface area contributed by atoms with E-state index in [1.165, 1.54) is 29.4 Å². The van der Waals surface area contributed by atoms with E-state index in [0.717, 1.165) is 12.8 Å². The van der Waals surface area contributed by atoms with Crippen molar-refractivity contribution in [1.29, 1.82) is 0 Å². The van der Waals surface area contributed by atoms with Gasteiger partial charge in [0.25, 0.3) is 0 Å². The molecule has 0 spiro atoms. The van der Waals surface area contributed by atoms with Gasteiger partial charge in [-0.15, -0.1) is 0 Å². The first-order valence-electron chi connectivity index (χ1n) is 5.26. The highest BCUT2D eigenvalue weighted by molar-refractivity contribution is 5.80. The van der Waals surface area contributed by atoms with Gasteiger partial charge in [0.2, 0.25) is 0 Å². The minimum absolute atomic E-state index is 1.04. The van der Waals surface area contributed by atoms with Gasteiger partial charge in [0, 0.05) is 11.2 Å². The lowest BCUT2D eigenvalue weighted by Gasteiger charge is -1.94. The largest absolute Gasteiger partial charge is 0.358 e. The Morgan fingerprint density at radius 3 is 2.79 bits per heavy atom. The van der Waals surface area contributed by atoms with Gasteiger partial charge in [-0.25, -0.2) is 0 Å². The third-order valence-corrected chi connectivity index (χ3v) is 2.53. The fourth-order valence-electron chi connectivity index (χ4n) is 1.76. The molecule has 0 unspecified atom stereocenters. The van der Waals surface area contributed by atoms with E-state index in [0.29, 0.717) is 0 Å². The number of H-pyrrole nitrogens is 1. The molecule has 1 heterocycles. The van der Waals surface area contributed by atoms with E-state index in [2.05, 4.69) is 42.2 Å². The molecule has 1 heteroatoms. The maximum atomic E-state index is 3.85. The molecule has 2 aromatic rings. The molecule has 2 rings (SSSR count). The van der Waals surface area contributed by atoms with Crippen molar-refractivity contribution in [2.24, 2.45) is 0 Å². The van der Waals surface area contributed by atoms with Crippen molar-refractivity contribution in [3.05, 3.63) is 42.9 Å². The zero-order chi connectivity index (χ0) is 9.80. The summed E-state index contributed by atoms with van der Waals surface area (Å²) in [6.07, 6.45) is 4.64. The molecule has 73 valence electrons. The molecule has 0 amide bonds. The highest BCUT2D eigenvalue weighted by Gasteiger charge is 1.98. The number of para-hydroxylation sites is 1. The Kier molecular flexibility index (Phi) is 2.87. The lowest BCUT2D eigenvalue weighted by molar-refractivity contribution is 0.737. The molecular weight excluding hydrogens is 170 g/mol. The average molecular weight is 186 g/mol. The van der Waals surface area contributed by atoms with Gasteiger partial charge >= 0.3 is 0 Å². The van der Waals surface area contributed by atoms with Crippen molar-refractivity contribution >= 4 is 10.9 Å². The van der Waals surface area contributed by atoms with Crippen molar-refractivity contribution in [2.75, 3.05) is 0 Å². The quantitative estimate of drug-likeness (QED) is 0.700. The maximum Gasteiger partial charge on any atom is 0.0456 e. The number of fused-ring (bicyclic) bond motifs is 1. The van der Waals surface area contributed by atoms with Gasteiger partial charge in [-0.1, -0.05) is 38.0 Å². The number of unbranched alkanes of at least 4 members (excludes halogenated alkanes) is 2. The first kappa shape index (κ1) is 9.32. The number of nitrogens with one attached hydrogen (secondary N) is 1. The second kappa shape index (κ2) is 4.32. The highest BCUT2D eigenvalue weighted by atomic mass is 14.7. The topological polar surface area (TPSA) is 15.8 Å². The van der Waals surface area contributed by atoms with Crippen LogP contribution in [0.4, 0.5) is 0 Å². The predicted molar refractivity (Wildman–Crippen MR) is 61.2 cm³/mol. The summed E-state index contributed by atoms with van der Waals surface area (Å²) in [5.74, 6) is 0. The van der Waals surface area contributed by atoms with E-state index >= 15 is 0 Å². The molecule has 1 aromatic heterocycles. The Morgan fingerprint density at radius 1 is 1.14 bits per heavy atom.